The summed E-state index contributed by atoms with van der Waals surface area (Å²) >= 11 is 0. The molecule has 8 nitrogen and oxygen atoms in total. The molecule has 60 heavy (non-hydrogen) atoms. The highest BCUT2D eigenvalue weighted by molar-refractivity contribution is 7.45. The molecule has 0 bridgehead atoms. The normalized spacial score (nSPS) is 14.4. The van der Waals surface area contributed by atoms with E-state index in [2.05, 4.69) is 98.9 Å². The van der Waals surface area contributed by atoms with Gasteiger partial charge in [-0.15, -0.1) is 0 Å². The molecular weight excluding hydrogens is 770 g/mol. The number of unbranched alkanes of at least 4 members (excludes halogenated alkanes) is 15. The average Bonchev–Trinajstić information content (AvgIpc) is 3.20. The number of hydrogen-bond acceptors (Lipinski definition) is 7. The summed E-state index contributed by atoms with van der Waals surface area (Å²) in [6.07, 6.45) is 57.4. The summed E-state index contributed by atoms with van der Waals surface area (Å²) < 4.78 is 34.6. The van der Waals surface area contributed by atoms with Crippen LogP contribution in [0.3, 0.4) is 0 Å². The van der Waals surface area contributed by atoms with Gasteiger partial charge in [-0.25, -0.2) is 0 Å². The first kappa shape index (κ1) is 57.7. The van der Waals surface area contributed by atoms with E-state index in [1.54, 1.807) is 0 Å². The van der Waals surface area contributed by atoms with Crippen LogP contribution < -0.4 is 4.89 Å². The molecule has 0 aromatic rings. The van der Waals surface area contributed by atoms with Crippen molar-refractivity contribution in [3.8, 4) is 0 Å². The molecule has 0 aromatic heterocycles. The van der Waals surface area contributed by atoms with Gasteiger partial charge < -0.3 is 27.9 Å². The van der Waals surface area contributed by atoms with Crippen molar-refractivity contribution in [2.75, 3.05) is 54.1 Å². The second-order valence-corrected chi connectivity index (χ2v) is 18.2. The number of esters is 1. The SMILES string of the molecule is CC/C=C\C/C=C\C/C=C\C/C=C\C/C=C\C/C=C\C/C=C\CCCCCC(=O)OC(COCCCCCCCCCCCCCCC)COP(=O)([O-])OCC[N+](C)(C)C. The van der Waals surface area contributed by atoms with Gasteiger partial charge in [0.2, 0.25) is 0 Å². The van der Waals surface area contributed by atoms with Crippen molar-refractivity contribution >= 4 is 13.8 Å². The zero-order valence-corrected chi connectivity index (χ0v) is 40.0. The fraction of sp³-hybridized carbons (Fsp3) is 0.706. The van der Waals surface area contributed by atoms with Crippen molar-refractivity contribution in [2.45, 2.75) is 180 Å². The van der Waals surface area contributed by atoms with E-state index in [1.807, 2.05) is 21.1 Å². The van der Waals surface area contributed by atoms with Crippen LogP contribution >= 0.6 is 7.82 Å². The maximum atomic E-state index is 12.7. The fourth-order valence-corrected chi connectivity index (χ4v) is 6.78. The molecule has 0 spiro atoms. The second kappa shape index (κ2) is 43.3. The molecular formula is C51H90NO7P. The minimum absolute atomic E-state index is 0.0158. The lowest BCUT2D eigenvalue weighted by atomic mass is 10.0. The molecule has 0 fully saturated rings. The van der Waals surface area contributed by atoms with Gasteiger partial charge in [-0.3, -0.25) is 9.36 Å². The monoisotopic (exact) mass is 860 g/mol. The standard InChI is InChI=1S/C51H90NO7P/c1-6-8-10-12-14-16-18-20-21-22-23-24-25-26-27-28-29-30-31-32-34-36-38-40-42-44-51(53)59-50(49-58-60(54,55)57-47-45-52(3,4)5)48-56-46-43-41-39-37-35-33-19-17-15-13-11-9-7-2/h8,10,14,16,20-21,23-24,26-27,29-30,32,34,50H,6-7,9,11-13,15,17-19,22,25,28,31,33,35-49H2,1-5H3/b10-8-,16-14-,21-20-,24-23-,27-26-,30-29-,34-32-. The fourth-order valence-electron chi connectivity index (χ4n) is 6.05. The number of allylic oxidation sites excluding steroid dienone is 14. The number of phosphoric ester groups is 1. The van der Waals surface area contributed by atoms with Crippen LogP contribution in [0, 0.1) is 0 Å². The van der Waals surface area contributed by atoms with E-state index in [9.17, 15) is 14.3 Å². The molecule has 2 atom stereocenters. The van der Waals surface area contributed by atoms with Crippen LogP contribution in [0.25, 0.3) is 0 Å². The van der Waals surface area contributed by atoms with E-state index >= 15 is 0 Å². The number of ether oxygens (including phenoxy) is 2. The Balaban J connectivity index is 4.27. The largest absolute Gasteiger partial charge is 0.756 e. The summed E-state index contributed by atoms with van der Waals surface area (Å²) in [7, 11) is 1.32. The molecule has 346 valence electrons. The van der Waals surface area contributed by atoms with E-state index in [4.69, 9.17) is 18.5 Å². The van der Waals surface area contributed by atoms with Crippen LogP contribution in [0.15, 0.2) is 85.1 Å². The quantitative estimate of drug-likeness (QED) is 0.0198. The maximum absolute atomic E-state index is 12.7. The topological polar surface area (TPSA) is 94.1 Å². The van der Waals surface area contributed by atoms with E-state index in [0.29, 0.717) is 24.1 Å². The average molecular weight is 860 g/mol. The molecule has 0 aliphatic carbocycles. The van der Waals surface area contributed by atoms with Crippen molar-refractivity contribution in [1.82, 2.24) is 0 Å². The number of rotatable bonds is 43. The van der Waals surface area contributed by atoms with Crippen LogP contribution in [0.5, 0.6) is 0 Å². The van der Waals surface area contributed by atoms with Crippen molar-refractivity contribution in [3.63, 3.8) is 0 Å². The summed E-state index contributed by atoms with van der Waals surface area (Å²) in [5.74, 6) is -0.368. The summed E-state index contributed by atoms with van der Waals surface area (Å²) in [5, 5.41) is 0. The van der Waals surface area contributed by atoms with Crippen LogP contribution in [-0.4, -0.2) is 70.7 Å². The highest BCUT2D eigenvalue weighted by Crippen LogP contribution is 2.38. The second-order valence-electron chi connectivity index (χ2n) is 16.7. The lowest BCUT2D eigenvalue weighted by Crippen LogP contribution is -2.37. The molecule has 0 heterocycles. The highest BCUT2D eigenvalue weighted by atomic mass is 31.2. The summed E-state index contributed by atoms with van der Waals surface area (Å²) in [5.41, 5.74) is 0. The van der Waals surface area contributed by atoms with Crippen molar-refractivity contribution in [1.29, 1.82) is 0 Å². The lowest BCUT2D eigenvalue weighted by Gasteiger charge is -2.28. The first-order valence-electron chi connectivity index (χ1n) is 23.8. The molecule has 0 amide bonds. The van der Waals surface area contributed by atoms with E-state index < -0.39 is 13.9 Å². The molecule has 0 N–H and O–H groups in total. The Morgan fingerprint density at radius 3 is 1.43 bits per heavy atom. The number of quaternary nitrogens is 1. The summed E-state index contributed by atoms with van der Waals surface area (Å²) in [6, 6.07) is 0. The van der Waals surface area contributed by atoms with Gasteiger partial charge in [-0.2, -0.15) is 0 Å². The minimum atomic E-state index is -4.54. The van der Waals surface area contributed by atoms with E-state index in [-0.39, 0.29) is 32.2 Å². The van der Waals surface area contributed by atoms with Crippen molar-refractivity contribution < 1.29 is 37.3 Å². The lowest BCUT2D eigenvalue weighted by molar-refractivity contribution is -0.870. The van der Waals surface area contributed by atoms with Gasteiger partial charge in [-0.1, -0.05) is 182 Å². The van der Waals surface area contributed by atoms with Gasteiger partial charge in [0.1, 0.15) is 19.3 Å². The van der Waals surface area contributed by atoms with E-state index in [1.165, 1.54) is 70.6 Å². The van der Waals surface area contributed by atoms with E-state index in [0.717, 1.165) is 77.0 Å². The Morgan fingerprint density at radius 1 is 0.533 bits per heavy atom. The Bertz CT molecular complexity index is 1230. The van der Waals surface area contributed by atoms with Crippen LogP contribution in [0.4, 0.5) is 0 Å². The van der Waals surface area contributed by atoms with Crippen LogP contribution in [0.1, 0.15) is 174 Å². The van der Waals surface area contributed by atoms with Gasteiger partial charge in [-0.05, 0) is 70.6 Å². The van der Waals surface area contributed by atoms with Gasteiger partial charge in [0.15, 0.2) is 0 Å². The highest BCUT2D eigenvalue weighted by Gasteiger charge is 2.20. The predicted molar refractivity (Wildman–Crippen MR) is 254 cm³/mol. The third-order valence-corrected chi connectivity index (χ3v) is 10.7. The zero-order chi connectivity index (χ0) is 44.1. The summed E-state index contributed by atoms with van der Waals surface area (Å²) in [6.45, 7) is 5.24. The molecule has 0 aliphatic rings. The molecule has 0 rings (SSSR count). The molecule has 9 heteroatoms. The predicted octanol–water partition coefficient (Wildman–Crippen LogP) is 13.8. The van der Waals surface area contributed by atoms with Gasteiger partial charge in [0.25, 0.3) is 7.82 Å². The third kappa shape index (κ3) is 46.7. The number of likely N-dealkylation sites (N-methyl/N-ethyl adjacent to an activating group) is 1. The number of nitrogens with zero attached hydrogens (tertiary/aromatic N) is 1. The minimum Gasteiger partial charge on any atom is -0.756 e. The molecule has 2 unspecified atom stereocenters. The summed E-state index contributed by atoms with van der Waals surface area (Å²) in [4.78, 5) is 25.1. The number of hydrogen-bond donors (Lipinski definition) is 0. The molecule has 0 saturated carbocycles. The number of carbonyl (C=O) groups is 1. The first-order chi connectivity index (χ1) is 29.1. The van der Waals surface area contributed by atoms with Gasteiger partial charge in [0, 0.05) is 13.0 Å². The molecule has 0 saturated heterocycles. The molecule has 0 radical (unpaired) electrons. The Kier molecular flexibility index (Phi) is 41.7. The van der Waals surface area contributed by atoms with Crippen LogP contribution in [0.2, 0.25) is 0 Å². The Morgan fingerprint density at radius 2 is 0.967 bits per heavy atom. The van der Waals surface area contributed by atoms with Gasteiger partial charge >= 0.3 is 5.97 Å². The maximum Gasteiger partial charge on any atom is 0.306 e. The van der Waals surface area contributed by atoms with Gasteiger partial charge in [0.05, 0.1) is 34.4 Å². The molecule has 0 aromatic carbocycles. The van der Waals surface area contributed by atoms with Crippen molar-refractivity contribution in [3.05, 3.63) is 85.1 Å². The van der Waals surface area contributed by atoms with Crippen molar-refractivity contribution in [2.24, 2.45) is 0 Å². The number of phosphoric acid groups is 1. The number of carbonyl (C=O) groups excluding carboxylic acids is 1. The smallest absolute Gasteiger partial charge is 0.306 e. The van der Waals surface area contributed by atoms with Crippen LogP contribution in [-0.2, 0) is 27.9 Å². The Labute approximate surface area is 369 Å². The zero-order valence-electron chi connectivity index (χ0n) is 39.1. The molecule has 0 aliphatic heterocycles. The Hall–Kier alpha value is -2.32. The first-order valence-corrected chi connectivity index (χ1v) is 25.3. The third-order valence-electron chi connectivity index (χ3n) is 9.71.